The predicted octanol–water partition coefficient (Wildman–Crippen LogP) is 3.09. The largest absolute Gasteiger partial charge is 0.354 e. The summed E-state index contributed by atoms with van der Waals surface area (Å²) >= 11 is 3.05. The minimum absolute atomic E-state index is 0.0566. The van der Waals surface area contributed by atoms with Crippen molar-refractivity contribution in [3.05, 3.63) is 38.9 Å². The summed E-state index contributed by atoms with van der Waals surface area (Å²) in [6, 6.07) is 5.88. The number of hydrogen-bond donors (Lipinski definition) is 1. The monoisotopic (exact) mass is 467 g/mol. The van der Waals surface area contributed by atoms with Crippen molar-refractivity contribution in [2.45, 2.75) is 55.8 Å². The Kier molecular flexibility index (Phi) is 6.94. The highest BCUT2D eigenvalue weighted by atomic mass is 32.2. The molecule has 2 aromatic heterocycles. The second-order valence-electron chi connectivity index (χ2n) is 8.10. The first-order chi connectivity index (χ1) is 14.4. The Morgan fingerprint density at radius 3 is 2.77 bits per heavy atom. The first kappa shape index (κ1) is 22.0. The maximum atomic E-state index is 12.8. The third kappa shape index (κ3) is 4.96. The van der Waals surface area contributed by atoms with Crippen LogP contribution in [0.4, 0.5) is 0 Å². The van der Waals surface area contributed by atoms with Gasteiger partial charge in [-0.05, 0) is 55.3 Å². The number of nitrogens with one attached hydrogen (secondary N) is 1. The molecule has 2 aliphatic rings. The molecule has 0 bridgehead atoms. The third-order valence-electron chi connectivity index (χ3n) is 5.94. The van der Waals surface area contributed by atoms with Gasteiger partial charge in [-0.15, -0.1) is 22.7 Å². The fourth-order valence-corrected chi connectivity index (χ4v) is 8.00. The first-order valence-corrected chi connectivity index (χ1v) is 13.7. The van der Waals surface area contributed by atoms with Gasteiger partial charge in [-0.2, -0.15) is 4.31 Å². The summed E-state index contributed by atoms with van der Waals surface area (Å²) in [5, 5.41) is 5.18. The lowest BCUT2D eigenvalue weighted by atomic mass is 10.1. The van der Waals surface area contributed by atoms with Crippen LogP contribution >= 0.6 is 22.7 Å². The van der Waals surface area contributed by atoms with E-state index in [4.69, 9.17) is 0 Å². The SMILES string of the molecule is CC(CNC(=O)Cc1ccc(S(=O)(=O)N2CCCCC2)s1)N1CCc2sccc2C1. The second kappa shape index (κ2) is 9.48. The van der Waals surface area contributed by atoms with Crippen molar-refractivity contribution in [2.75, 3.05) is 26.2 Å². The van der Waals surface area contributed by atoms with E-state index in [-0.39, 0.29) is 18.4 Å². The van der Waals surface area contributed by atoms with Crippen molar-refractivity contribution >= 4 is 38.6 Å². The fraction of sp³-hybridized carbons (Fsp3) is 0.571. The molecule has 0 aliphatic carbocycles. The summed E-state index contributed by atoms with van der Waals surface area (Å²) in [5.41, 5.74) is 1.41. The van der Waals surface area contributed by atoms with E-state index in [2.05, 4.69) is 28.6 Å². The molecule has 1 amide bonds. The molecule has 4 rings (SSSR count). The van der Waals surface area contributed by atoms with Crippen molar-refractivity contribution in [1.82, 2.24) is 14.5 Å². The van der Waals surface area contributed by atoms with E-state index < -0.39 is 10.0 Å². The highest BCUT2D eigenvalue weighted by Crippen LogP contribution is 2.27. The van der Waals surface area contributed by atoms with E-state index in [1.807, 2.05) is 11.3 Å². The van der Waals surface area contributed by atoms with Crippen LogP contribution < -0.4 is 5.32 Å². The van der Waals surface area contributed by atoms with Gasteiger partial charge in [0.05, 0.1) is 6.42 Å². The van der Waals surface area contributed by atoms with Gasteiger partial charge in [0, 0.05) is 48.5 Å². The Bertz CT molecular complexity index is 977. The van der Waals surface area contributed by atoms with E-state index in [1.54, 1.807) is 16.4 Å². The van der Waals surface area contributed by atoms with Gasteiger partial charge >= 0.3 is 0 Å². The molecule has 0 radical (unpaired) electrons. The number of rotatable bonds is 7. The van der Waals surface area contributed by atoms with Crippen LogP contribution in [0, 0.1) is 0 Å². The van der Waals surface area contributed by atoms with Crippen molar-refractivity contribution < 1.29 is 13.2 Å². The van der Waals surface area contributed by atoms with Gasteiger partial charge in [0.15, 0.2) is 0 Å². The van der Waals surface area contributed by atoms with E-state index in [0.29, 0.717) is 23.8 Å². The summed E-state index contributed by atoms with van der Waals surface area (Å²) in [5.74, 6) is -0.0566. The summed E-state index contributed by atoms with van der Waals surface area (Å²) in [6.45, 7) is 5.90. The summed E-state index contributed by atoms with van der Waals surface area (Å²) < 4.78 is 27.5. The van der Waals surface area contributed by atoms with Crippen molar-refractivity contribution in [2.24, 2.45) is 0 Å². The van der Waals surface area contributed by atoms with E-state index >= 15 is 0 Å². The lowest BCUT2D eigenvalue weighted by molar-refractivity contribution is -0.120. The Hall–Kier alpha value is -1.26. The second-order valence-corrected chi connectivity index (χ2v) is 12.4. The minimum atomic E-state index is -3.42. The van der Waals surface area contributed by atoms with Crippen LogP contribution in [0.2, 0.25) is 0 Å². The molecule has 2 aromatic rings. The fourth-order valence-electron chi connectivity index (χ4n) is 4.08. The van der Waals surface area contributed by atoms with Crippen LogP contribution in [0.3, 0.4) is 0 Å². The highest BCUT2D eigenvalue weighted by Gasteiger charge is 2.27. The van der Waals surface area contributed by atoms with Crippen LogP contribution in [0.1, 0.15) is 41.5 Å². The Morgan fingerprint density at radius 2 is 1.97 bits per heavy atom. The number of piperidine rings is 1. The molecule has 1 fully saturated rings. The number of nitrogens with zero attached hydrogens (tertiary/aromatic N) is 2. The Balaban J connectivity index is 1.27. The van der Waals surface area contributed by atoms with E-state index in [1.165, 1.54) is 21.8 Å². The molecular weight excluding hydrogens is 438 g/mol. The van der Waals surface area contributed by atoms with Gasteiger partial charge in [-0.1, -0.05) is 6.42 Å². The quantitative estimate of drug-likeness (QED) is 0.679. The predicted molar refractivity (Wildman–Crippen MR) is 122 cm³/mol. The average molecular weight is 468 g/mol. The summed E-state index contributed by atoms with van der Waals surface area (Å²) in [6.07, 6.45) is 4.23. The van der Waals surface area contributed by atoms with Gasteiger partial charge < -0.3 is 5.32 Å². The van der Waals surface area contributed by atoms with Crippen molar-refractivity contribution in [3.8, 4) is 0 Å². The van der Waals surface area contributed by atoms with Crippen molar-refractivity contribution in [3.63, 3.8) is 0 Å². The standard InChI is InChI=1S/C21H29N3O3S3/c1-16(23-11-7-19-17(15-23)8-12-28-19)14-22-20(25)13-18-5-6-21(29-18)30(26,27)24-9-3-2-4-10-24/h5-6,8,12,16H,2-4,7,9-11,13-15H2,1H3,(H,22,25). The number of carbonyl (C=O) groups is 1. The van der Waals surface area contributed by atoms with E-state index in [0.717, 1.165) is 43.6 Å². The number of hydrogen-bond acceptors (Lipinski definition) is 6. The maximum Gasteiger partial charge on any atom is 0.252 e. The van der Waals surface area contributed by atoms with Crippen LogP contribution in [-0.4, -0.2) is 55.8 Å². The van der Waals surface area contributed by atoms with E-state index in [9.17, 15) is 13.2 Å². The third-order valence-corrected chi connectivity index (χ3v) is 10.4. The molecular formula is C21H29N3O3S3. The average Bonchev–Trinajstić information content (AvgIpc) is 3.42. The van der Waals surface area contributed by atoms with Gasteiger partial charge in [0.2, 0.25) is 5.91 Å². The smallest absolute Gasteiger partial charge is 0.252 e. The lowest BCUT2D eigenvalue weighted by Gasteiger charge is -2.32. The molecule has 30 heavy (non-hydrogen) atoms. The van der Waals surface area contributed by atoms with Crippen LogP contribution in [0.5, 0.6) is 0 Å². The number of fused-ring (bicyclic) bond motifs is 1. The van der Waals surface area contributed by atoms with Crippen LogP contribution in [-0.2, 0) is 34.2 Å². The van der Waals surface area contributed by atoms with Gasteiger partial charge in [-0.3, -0.25) is 9.69 Å². The molecule has 9 heteroatoms. The topological polar surface area (TPSA) is 69.7 Å². The zero-order chi connectivity index (χ0) is 21.1. The normalized spacial score (nSPS) is 19.4. The van der Waals surface area contributed by atoms with Gasteiger partial charge in [-0.25, -0.2) is 8.42 Å². The van der Waals surface area contributed by atoms with Crippen LogP contribution in [0.25, 0.3) is 0 Å². The Labute approximate surface area is 186 Å². The molecule has 0 aromatic carbocycles. The number of amides is 1. The molecule has 0 spiro atoms. The van der Waals surface area contributed by atoms with Gasteiger partial charge in [0.1, 0.15) is 4.21 Å². The molecule has 4 heterocycles. The molecule has 0 saturated carbocycles. The zero-order valence-electron chi connectivity index (χ0n) is 17.3. The zero-order valence-corrected chi connectivity index (χ0v) is 19.8. The lowest BCUT2D eigenvalue weighted by Crippen LogP contribution is -2.44. The summed E-state index contributed by atoms with van der Waals surface area (Å²) in [7, 11) is -3.42. The molecule has 164 valence electrons. The molecule has 1 atom stereocenters. The maximum absolute atomic E-state index is 12.8. The number of thiophene rings is 2. The first-order valence-electron chi connectivity index (χ1n) is 10.6. The molecule has 1 saturated heterocycles. The van der Waals surface area contributed by atoms with Crippen LogP contribution in [0.15, 0.2) is 27.8 Å². The highest BCUT2D eigenvalue weighted by molar-refractivity contribution is 7.91. The molecule has 1 N–H and O–H groups in total. The molecule has 6 nitrogen and oxygen atoms in total. The minimum Gasteiger partial charge on any atom is -0.354 e. The molecule has 2 aliphatic heterocycles. The van der Waals surface area contributed by atoms with Crippen molar-refractivity contribution in [1.29, 1.82) is 0 Å². The molecule has 1 unspecified atom stereocenters. The Morgan fingerprint density at radius 1 is 1.17 bits per heavy atom. The number of carbonyl (C=O) groups excluding carboxylic acids is 1. The number of sulfonamides is 1. The van der Waals surface area contributed by atoms with Gasteiger partial charge in [0.25, 0.3) is 10.0 Å². The summed E-state index contributed by atoms with van der Waals surface area (Å²) in [4.78, 5) is 17.1.